The van der Waals surface area contributed by atoms with E-state index in [2.05, 4.69) is 26.4 Å². The molecule has 1 N–H and O–H groups in total. The summed E-state index contributed by atoms with van der Waals surface area (Å²) in [4.78, 5) is 25.8. The lowest BCUT2D eigenvalue weighted by Crippen LogP contribution is -2.54. The zero-order chi connectivity index (χ0) is 15.7. The van der Waals surface area contributed by atoms with E-state index in [0.29, 0.717) is 18.8 Å². The lowest BCUT2D eigenvalue weighted by Gasteiger charge is -2.37. The summed E-state index contributed by atoms with van der Waals surface area (Å²) in [5, 5.41) is 6.54. The second kappa shape index (κ2) is 5.92. The molecule has 7 heteroatoms. The summed E-state index contributed by atoms with van der Waals surface area (Å²) >= 11 is 3.36. The van der Waals surface area contributed by atoms with Crippen molar-refractivity contribution in [1.82, 2.24) is 10.1 Å². The summed E-state index contributed by atoms with van der Waals surface area (Å²) in [5.74, 6) is 0.102. The minimum absolute atomic E-state index is 0.0847. The standard InChI is InChI=1S/C15H14BrN3O3/c1-9-5-13(18-22-9)15(21)19-7-10(8-19)14(20)17-12-4-2-3-11(16)6-12/h2-6,10H,7-8H2,1H3,(H,17,20). The first kappa shape index (κ1) is 14.8. The van der Waals surface area contributed by atoms with Crippen LogP contribution in [0.4, 0.5) is 5.69 Å². The molecule has 0 radical (unpaired) electrons. The second-order valence-electron chi connectivity index (χ2n) is 5.23. The number of hydrogen-bond acceptors (Lipinski definition) is 4. The van der Waals surface area contributed by atoms with Crippen LogP contribution in [-0.2, 0) is 4.79 Å². The highest BCUT2D eigenvalue weighted by Crippen LogP contribution is 2.22. The molecule has 1 aliphatic heterocycles. The molecular formula is C15H14BrN3O3. The zero-order valence-corrected chi connectivity index (χ0v) is 13.5. The summed E-state index contributed by atoms with van der Waals surface area (Å²) in [6, 6.07) is 8.99. The molecule has 1 aromatic carbocycles. The Morgan fingerprint density at radius 1 is 1.36 bits per heavy atom. The quantitative estimate of drug-likeness (QED) is 0.908. The van der Waals surface area contributed by atoms with Gasteiger partial charge >= 0.3 is 0 Å². The van der Waals surface area contributed by atoms with Gasteiger partial charge in [0, 0.05) is 29.3 Å². The number of aryl methyl sites for hydroxylation is 1. The van der Waals surface area contributed by atoms with Crippen LogP contribution in [0, 0.1) is 12.8 Å². The number of nitrogens with one attached hydrogen (secondary N) is 1. The molecule has 2 heterocycles. The van der Waals surface area contributed by atoms with Crippen molar-refractivity contribution in [2.24, 2.45) is 5.92 Å². The Labute approximate surface area is 135 Å². The van der Waals surface area contributed by atoms with Crippen molar-refractivity contribution < 1.29 is 14.1 Å². The van der Waals surface area contributed by atoms with E-state index in [9.17, 15) is 9.59 Å². The zero-order valence-electron chi connectivity index (χ0n) is 11.9. The maximum atomic E-state index is 12.1. The van der Waals surface area contributed by atoms with E-state index in [1.54, 1.807) is 17.9 Å². The van der Waals surface area contributed by atoms with Gasteiger partial charge in [-0.1, -0.05) is 27.2 Å². The second-order valence-corrected chi connectivity index (χ2v) is 6.15. The van der Waals surface area contributed by atoms with Crippen LogP contribution in [0.2, 0.25) is 0 Å². The first-order valence-electron chi connectivity index (χ1n) is 6.82. The van der Waals surface area contributed by atoms with Crippen LogP contribution in [-0.4, -0.2) is 35.0 Å². The minimum atomic E-state index is -0.205. The molecule has 0 atom stereocenters. The molecule has 0 saturated carbocycles. The molecule has 3 rings (SSSR count). The Morgan fingerprint density at radius 3 is 2.77 bits per heavy atom. The van der Waals surface area contributed by atoms with Gasteiger partial charge in [0.2, 0.25) is 5.91 Å². The van der Waals surface area contributed by atoms with Crippen LogP contribution in [0.5, 0.6) is 0 Å². The molecule has 1 aromatic heterocycles. The van der Waals surface area contributed by atoms with Gasteiger partial charge < -0.3 is 14.7 Å². The maximum absolute atomic E-state index is 12.1. The van der Waals surface area contributed by atoms with Crippen LogP contribution in [0.1, 0.15) is 16.2 Å². The third-order valence-corrected chi connectivity index (χ3v) is 3.97. The van der Waals surface area contributed by atoms with Crippen molar-refractivity contribution in [3.63, 3.8) is 0 Å². The van der Waals surface area contributed by atoms with Crippen LogP contribution >= 0.6 is 15.9 Å². The molecule has 1 aliphatic rings. The fourth-order valence-electron chi connectivity index (χ4n) is 2.25. The van der Waals surface area contributed by atoms with E-state index in [1.807, 2.05) is 24.3 Å². The van der Waals surface area contributed by atoms with Gasteiger partial charge in [-0.2, -0.15) is 0 Å². The van der Waals surface area contributed by atoms with Crippen LogP contribution in [0.15, 0.2) is 39.3 Å². The van der Waals surface area contributed by atoms with Gasteiger partial charge in [-0.15, -0.1) is 0 Å². The molecule has 1 fully saturated rings. The molecule has 22 heavy (non-hydrogen) atoms. The Balaban J connectivity index is 1.54. The minimum Gasteiger partial charge on any atom is -0.361 e. The predicted octanol–water partition coefficient (Wildman–Crippen LogP) is 2.46. The summed E-state index contributed by atoms with van der Waals surface area (Å²) in [5.41, 5.74) is 1.01. The molecule has 2 amide bonds. The average molecular weight is 364 g/mol. The number of amides is 2. The molecule has 0 bridgehead atoms. The van der Waals surface area contributed by atoms with E-state index in [4.69, 9.17) is 4.52 Å². The third-order valence-electron chi connectivity index (χ3n) is 3.48. The molecule has 6 nitrogen and oxygen atoms in total. The van der Waals surface area contributed by atoms with Gasteiger partial charge in [-0.25, -0.2) is 0 Å². The number of anilines is 1. The summed E-state index contributed by atoms with van der Waals surface area (Å²) in [7, 11) is 0. The highest BCUT2D eigenvalue weighted by atomic mass is 79.9. The van der Waals surface area contributed by atoms with Crippen molar-refractivity contribution >= 4 is 33.4 Å². The lowest BCUT2D eigenvalue weighted by molar-refractivity contribution is -0.123. The fraction of sp³-hybridized carbons (Fsp3) is 0.267. The number of halogens is 1. The van der Waals surface area contributed by atoms with Crippen molar-refractivity contribution in [3.05, 3.63) is 46.3 Å². The maximum Gasteiger partial charge on any atom is 0.276 e. The SMILES string of the molecule is Cc1cc(C(=O)N2CC(C(=O)Nc3cccc(Br)c3)C2)no1. The predicted molar refractivity (Wildman–Crippen MR) is 83.4 cm³/mol. The molecule has 0 aliphatic carbocycles. The number of carbonyl (C=O) groups excluding carboxylic acids is 2. The summed E-state index contributed by atoms with van der Waals surface area (Å²) in [6.45, 7) is 2.52. The first-order valence-corrected chi connectivity index (χ1v) is 7.61. The Kier molecular flexibility index (Phi) is 3.98. The highest BCUT2D eigenvalue weighted by molar-refractivity contribution is 9.10. The van der Waals surface area contributed by atoms with Gasteiger partial charge in [-0.3, -0.25) is 9.59 Å². The van der Waals surface area contributed by atoms with Crippen molar-refractivity contribution in [2.75, 3.05) is 18.4 Å². The average Bonchev–Trinajstić information content (AvgIpc) is 2.83. The molecule has 1 saturated heterocycles. The van der Waals surface area contributed by atoms with Gasteiger partial charge in [0.25, 0.3) is 5.91 Å². The Hall–Kier alpha value is -2.15. The van der Waals surface area contributed by atoms with E-state index in [0.717, 1.165) is 10.2 Å². The van der Waals surface area contributed by atoms with Gasteiger partial charge in [0.1, 0.15) is 5.76 Å². The van der Waals surface area contributed by atoms with Crippen LogP contribution in [0.25, 0.3) is 0 Å². The number of rotatable bonds is 3. The van der Waals surface area contributed by atoms with Gasteiger partial charge in [0.15, 0.2) is 5.69 Å². The number of carbonyl (C=O) groups is 2. The Morgan fingerprint density at radius 2 is 2.14 bits per heavy atom. The largest absolute Gasteiger partial charge is 0.361 e. The summed E-state index contributed by atoms with van der Waals surface area (Å²) < 4.78 is 5.79. The fourth-order valence-corrected chi connectivity index (χ4v) is 2.65. The first-order chi connectivity index (χ1) is 10.5. The molecule has 0 unspecified atom stereocenters. The Bertz CT molecular complexity index is 722. The van der Waals surface area contributed by atoms with E-state index in [-0.39, 0.29) is 23.4 Å². The smallest absolute Gasteiger partial charge is 0.276 e. The van der Waals surface area contributed by atoms with Crippen molar-refractivity contribution in [1.29, 1.82) is 0 Å². The topological polar surface area (TPSA) is 75.4 Å². The molecule has 2 aromatic rings. The molecule has 114 valence electrons. The normalized spacial score (nSPS) is 14.5. The monoisotopic (exact) mass is 363 g/mol. The van der Waals surface area contributed by atoms with E-state index in [1.165, 1.54) is 0 Å². The number of nitrogens with zero attached hydrogens (tertiary/aromatic N) is 2. The van der Waals surface area contributed by atoms with Gasteiger partial charge in [-0.05, 0) is 25.1 Å². The van der Waals surface area contributed by atoms with Crippen LogP contribution < -0.4 is 5.32 Å². The van der Waals surface area contributed by atoms with Gasteiger partial charge in [0.05, 0.1) is 5.92 Å². The van der Waals surface area contributed by atoms with Crippen molar-refractivity contribution in [3.8, 4) is 0 Å². The summed E-state index contributed by atoms with van der Waals surface area (Å²) in [6.07, 6.45) is 0. The van der Waals surface area contributed by atoms with E-state index >= 15 is 0 Å². The number of likely N-dealkylation sites (tertiary alicyclic amines) is 1. The van der Waals surface area contributed by atoms with Crippen LogP contribution in [0.3, 0.4) is 0 Å². The highest BCUT2D eigenvalue weighted by Gasteiger charge is 2.37. The lowest BCUT2D eigenvalue weighted by atomic mass is 9.98. The van der Waals surface area contributed by atoms with Crippen molar-refractivity contribution in [2.45, 2.75) is 6.92 Å². The third kappa shape index (κ3) is 3.04. The van der Waals surface area contributed by atoms with E-state index < -0.39 is 0 Å². The number of aromatic nitrogens is 1. The molecular weight excluding hydrogens is 350 g/mol. The molecule has 0 spiro atoms. The number of benzene rings is 1. The number of hydrogen-bond donors (Lipinski definition) is 1.